The van der Waals surface area contributed by atoms with Gasteiger partial charge in [-0.2, -0.15) is 0 Å². The third-order valence-electron chi connectivity index (χ3n) is 5.06. The molecule has 1 atom stereocenters. The molecule has 2 amide bonds. The maximum absolute atomic E-state index is 13.3. The van der Waals surface area contributed by atoms with Gasteiger partial charge >= 0.3 is 0 Å². The Bertz CT molecular complexity index is 1020. The molecular formula is C25H24N2O4. The van der Waals surface area contributed by atoms with Crippen LogP contribution in [0.15, 0.2) is 84.9 Å². The molecule has 1 saturated heterocycles. The number of carbonyl (C=O) groups is 2. The van der Waals surface area contributed by atoms with E-state index < -0.39 is 6.10 Å². The van der Waals surface area contributed by atoms with E-state index in [1.165, 1.54) is 0 Å². The zero-order valence-corrected chi connectivity index (χ0v) is 17.1. The summed E-state index contributed by atoms with van der Waals surface area (Å²) in [5.41, 5.74) is 1.78. The van der Waals surface area contributed by atoms with E-state index in [2.05, 4.69) is 5.32 Å². The van der Waals surface area contributed by atoms with Gasteiger partial charge in [-0.25, -0.2) is 0 Å². The monoisotopic (exact) mass is 416 g/mol. The number of amides is 2. The summed E-state index contributed by atoms with van der Waals surface area (Å²) in [5.74, 6) is -0.0911. The summed E-state index contributed by atoms with van der Waals surface area (Å²) < 4.78 is 11.6. The number of benzene rings is 3. The second kappa shape index (κ2) is 9.91. The standard InChI is InChI=1S/C25H24N2O4/c28-24(26-20-11-5-2-6-12-20)21-13-7-8-14-22(21)31-23(19-9-3-1-4-10-19)25(29)27-15-17-30-18-16-27/h1-14,23H,15-18H2,(H,26,28)/t23-/m0/s1. The topological polar surface area (TPSA) is 67.9 Å². The van der Waals surface area contributed by atoms with Crippen LogP contribution in [0.25, 0.3) is 0 Å². The smallest absolute Gasteiger partial charge is 0.268 e. The van der Waals surface area contributed by atoms with E-state index in [4.69, 9.17) is 9.47 Å². The third kappa shape index (κ3) is 5.10. The molecule has 0 spiro atoms. The summed E-state index contributed by atoms with van der Waals surface area (Å²) >= 11 is 0. The van der Waals surface area contributed by atoms with E-state index in [1.807, 2.05) is 60.7 Å². The molecule has 1 fully saturated rings. The summed E-state index contributed by atoms with van der Waals surface area (Å²) in [6.07, 6.45) is -0.857. The number of nitrogens with one attached hydrogen (secondary N) is 1. The number of ether oxygens (including phenoxy) is 2. The number of nitrogens with zero attached hydrogens (tertiary/aromatic N) is 1. The summed E-state index contributed by atoms with van der Waals surface area (Å²) in [4.78, 5) is 28.0. The number of rotatable bonds is 6. The first-order valence-electron chi connectivity index (χ1n) is 10.3. The molecule has 3 aromatic rings. The van der Waals surface area contributed by atoms with Gasteiger partial charge in [-0.1, -0.05) is 60.7 Å². The van der Waals surface area contributed by atoms with E-state index in [0.29, 0.717) is 43.3 Å². The average Bonchev–Trinajstić information content (AvgIpc) is 2.84. The molecular weight excluding hydrogens is 392 g/mol. The van der Waals surface area contributed by atoms with Crippen LogP contribution in [0.5, 0.6) is 5.75 Å². The van der Waals surface area contributed by atoms with Crippen molar-refractivity contribution in [3.05, 3.63) is 96.1 Å². The Morgan fingerprint density at radius 1 is 0.839 bits per heavy atom. The van der Waals surface area contributed by atoms with Gasteiger partial charge in [0.15, 0.2) is 0 Å². The van der Waals surface area contributed by atoms with Gasteiger partial charge in [-0.3, -0.25) is 9.59 Å². The van der Waals surface area contributed by atoms with Crippen LogP contribution in [0.2, 0.25) is 0 Å². The zero-order chi connectivity index (χ0) is 21.5. The Kier molecular flexibility index (Phi) is 6.59. The second-order valence-electron chi connectivity index (χ2n) is 7.16. The summed E-state index contributed by atoms with van der Waals surface area (Å²) in [6, 6.07) is 25.5. The molecule has 6 nitrogen and oxygen atoms in total. The second-order valence-corrected chi connectivity index (χ2v) is 7.16. The Balaban J connectivity index is 1.61. The maximum Gasteiger partial charge on any atom is 0.268 e. The molecule has 0 saturated carbocycles. The third-order valence-corrected chi connectivity index (χ3v) is 5.06. The molecule has 6 heteroatoms. The van der Waals surface area contributed by atoms with E-state index in [0.717, 1.165) is 5.56 Å². The molecule has 0 radical (unpaired) electrons. The van der Waals surface area contributed by atoms with Crippen molar-refractivity contribution in [1.29, 1.82) is 0 Å². The minimum atomic E-state index is -0.857. The highest BCUT2D eigenvalue weighted by molar-refractivity contribution is 6.06. The van der Waals surface area contributed by atoms with Crippen LogP contribution in [0, 0.1) is 0 Å². The normalized spacial score (nSPS) is 14.5. The first-order chi connectivity index (χ1) is 15.2. The molecule has 31 heavy (non-hydrogen) atoms. The summed E-state index contributed by atoms with van der Waals surface area (Å²) in [7, 11) is 0. The highest BCUT2D eigenvalue weighted by Crippen LogP contribution is 2.28. The van der Waals surface area contributed by atoms with Crippen molar-refractivity contribution in [1.82, 2.24) is 4.90 Å². The average molecular weight is 416 g/mol. The first-order valence-corrected chi connectivity index (χ1v) is 10.3. The van der Waals surface area contributed by atoms with Gasteiger partial charge in [0.25, 0.3) is 11.8 Å². The number of carbonyl (C=O) groups excluding carboxylic acids is 2. The molecule has 0 aliphatic carbocycles. The van der Waals surface area contributed by atoms with E-state index in [9.17, 15) is 9.59 Å². The lowest BCUT2D eigenvalue weighted by molar-refractivity contribution is -0.143. The predicted molar refractivity (Wildman–Crippen MR) is 118 cm³/mol. The molecule has 1 N–H and O–H groups in total. The molecule has 1 heterocycles. The predicted octanol–water partition coefficient (Wildman–Crippen LogP) is 3.92. The first kappa shape index (κ1) is 20.6. The lowest BCUT2D eigenvalue weighted by atomic mass is 10.1. The van der Waals surface area contributed by atoms with Crippen LogP contribution in [0.4, 0.5) is 5.69 Å². The summed E-state index contributed by atoms with van der Waals surface area (Å²) in [5, 5.41) is 2.87. The fourth-order valence-electron chi connectivity index (χ4n) is 3.44. The van der Waals surface area contributed by atoms with Gasteiger partial charge in [0.05, 0.1) is 18.8 Å². The van der Waals surface area contributed by atoms with E-state index >= 15 is 0 Å². The number of hydrogen-bond acceptors (Lipinski definition) is 4. The Labute approximate surface area is 181 Å². The van der Waals surface area contributed by atoms with Crippen molar-refractivity contribution < 1.29 is 19.1 Å². The minimum Gasteiger partial charge on any atom is -0.475 e. The van der Waals surface area contributed by atoms with Crippen molar-refractivity contribution >= 4 is 17.5 Å². The van der Waals surface area contributed by atoms with Crippen molar-refractivity contribution in [2.75, 3.05) is 31.6 Å². The Hall–Kier alpha value is -3.64. The fraction of sp³-hybridized carbons (Fsp3) is 0.200. The minimum absolute atomic E-state index is 0.146. The summed E-state index contributed by atoms with van der Waals surface area (Å²) in [6.45, 7) is 2.04. The van der Waals surface area contributed by atoms with Crippen LogP contribution in [-0.2, 0) is 9.53 Å². The number of para-hydroxylation sites is 2. The molecule has 4 rings (SSSR count). The number of morpholine rings is 1. The lowest BCUT2D eigenvalue weighted by Gasteiger charge is -2.31. The van der Waals surface area contributed by atoms with Crippen LogP contribution >= 0.6 is 0 Å². The van der Waals surface area contributed by atoms with Gasteiger partial charge in [-0.05, 0) is 24.3 Å². The SMILES string of the molecule is O=C(Nc1ccccc1)c1ccccc1O[C@H](C(=O)N1CCOCC1)c1ccccc1. The largest absolute Gasteiger partial charge is 0.475 e. The van der Waals surface area contributed by atoms with Gasteiger partial charge in [0.2, 0.25) is 6.10 Å². The van der Waals surface area contributed by atoms with E-state index in [-0.39, 0.29) is 11.8 Å². The van der Waals surface area contributed by atoms with Gasteiger partial charge in [0, 0.05) is 24.3 Å². The number of hydrogen-bond donors (Lipinski definition) is 1. The molecule has 1 aliphatic heterocycles. The lowest BCUT2D eigenvalue weighted by Crippen LogP contribution is -2.44. The highest BCUT2D eigenvalue weighted by atomic mass is 16.5. The Morgan fingerprint density at radius 3 is 2.16 bits per heavy atom. The van der Waals surface area contributed by atoms with Crippen LogP contribution in [0.3, 0.4) is 0 Å². The van der Waals surface area contributed by atoms with Crippen molar-refractivity contribution in [3.63, 3.8) is 0 Å². The van der Waals surface area contributed by atoms with Gasteiger partial charge in [0.1, 0.15) is 5.75 Å². The molecule has 0 aromatic heterocycles. The Morgan fingerprint density at radius 2 is 1.45 bits per heavy atom. The van der Waals surface area contributed by atoms with Crippen molar-refractivity contribution in [2.45, 2.75) is 6.10 Å². The number of anilines is 1. The highest BCUT2D eigenvalue weighted by Gasteiger charge is 2.30. The van der Waals surface area contributed by atoms with E-state index in [1.54, 1.807) is 29.2 Å². The molecule has 3 aromatic carbocycles. The zero-order valence-electron chi connectivity index (χ0n) is 17.1. The molecule has 1 aliphatic rings. The van der Waals surface area contributed by atoms with Crippen LogP contribution in [-0.4, -0.2) is 43.0 Å². The maximum atomic E-state index is 13.3. The van der Waals surface area contributed by atoms with Gasteiger partial charge in [-0.15, -0.1) is 0 Å². The molecule has 0 unspecified atom stereocenters. The van der Waals surface area contributed by atoms with Crippen molar-refractivity contribution in [2.24, 2.45) is 0 Å². The molecule has 0 bridgehead atoms. The quantitative estimate of drug-likeness (QED) is 0.661. The fourth-order valence-corrected chi connectivity index (χ4v) is 3.44. The van der Waals surface area contributed by atoms with Gasteiger partial charge < -0.3 is 19.7 Å². The van der Waals surface area contributed by atoms with Crippen LogP contribution < -0.4 is 10.1 Å². The molecule has 158 valence electrons. The van der Waals surface area contributed by atoms with Crippen molar-refractivity contribution in [3.8, 4) is 5.75 Å². The van der Waals surface area contributed by atoms with Crippen LogP contribution in [0.1, 0.15) is 22.0 Å².